The molecule has 0 spiro atoms. The highest BCUT2D eigenvalue weighted by molar-refractivity contribution is 7.89. The lowest BCUT2D eigenvalue weighted by Gasteiger charge is -2.18. The van der Waals surface area contributed by atoms with Crippen LogP contribution in [0, 0.1) is 0 Å². The minimum atomic E-state index is -3.70. The van der Waals surface area contributed by atoms with Crippen molar-refractivity contribution in [2.75, 3.05) is 13.1 Å². The van der Waals surface area contributed by atoms with Gasteiger partial charge in [0.1, 0.15) is 10.6 Å². The van der Waals surface area contributed by atoms with Crippen molar-refractivity contribution in [3.63, 3.8) is 0 Å². The molecule has 0 atom stereocenters. The molecule has 0 amide bonds. The molecule has 1 aromatic heterocycles. The van der Waals surface area contributed by atoms with Crippen LogP contribution in [0.25, 0.3) is 0 Å². The van der Waals surface area contributed by atoms with Crippen molar-refractivity contribution >= 4 is 16.0 Å². The van der Waals surface area contributed by atoms with E-state index in [1.165, 1.54) is 32.3 Å². The fourth-order valence-corrected chi connectivity index (χ4v) is 4.58. The van der Waals surface area contributed by atoms with Crippen molar-refractivity contribution in [2.24, 2.45) is 0 Å². The fraction of sp³-hybridized carbons (Fsp3) is 0.353. The summed E-state index contributed by atoms with van der Waals surface area (Å²) in [5.74, 6) is -1.12. The third-order valence-electron chi connectivity index (χ3n) is 4.45. The van der Waals surface area contributed by atoms with E-state index in [1.54, 1.807) is 6.92 Å². The van der Waals surface area contributed by atoms with Gasteiger partial charge in [0.15, 0.2) is 0 Å². The molecule has 1 aromatic carbocycles. The van der Waals surface area contributed by atoms with Crippen LogP contribution in [-0.4, -0.2) is 41.5 Å². The van der Waals surface area contributed by atoms with Crippen LogP contribution in [0.5, 0.6) is 0 Å². The molecule has 0 saturated carbocycles. The number of aromatic nitrogens is 1. The number of carboxylic acids is 1. The third-order valence-corrected chi connectivity index (χ3v) is 6.31. The Labute approximate surface area is 141 Å². The van der Waals surface area contributed by atoms with Crippen molar-refractivity contribution in [3.8, 4) is 0 Å². The predicted molar refractivity (Wildman–Crippen MR) is 89.7 cm³/mol. The summed E-state index contributed by atoms with van der Waals surface area (Å²) in [6, 6.07) is 9.23. The number of fused-ring (bicyclic) bond motifs is 1. The largest absolute Gasteiger partial charge is 0.477 e. The highest BCUT2D eigenvalue weighted by Crippen LogP contribution is 2.23. The highest BCUT2D eigenvalue weighted by atomic mass is 32.2. The number of carbonyl (C=O) groups is 1. The molecule has 0 unspecified atom stereocenters. The number of nitrogens with zero attached hydrogens (tertiary/aromatic N) is 2. The zero-order valence-electron chi connectivity index (χ0n) is 13.5. The molecule has 3 rings (SSSR count). The van der Waals surface area contributed by atoms with E-state index in [0.717, 1.165) is 0 Å². The summed E-state index contributed by atoms with van der Waals surface area (Å²) in [5.41, 5.74) is 2.34. The quantitative estimate of drug-likeness (QED) is 0.916. The van der Waals surface area contributed by atoms with E-state index in [9.17, 15) is 18.3 Å². The summed E-state index contributed by atoms with van der Waals surface area (Å²) in [6.07, 6.45) is 2.74. The molecule has 1 aliphatic heterocycles. The van der Waals surface area contributed by atoms with Gasteiger partial charge < -0.3 is 9.67 Å². The number of aryl methyl sites for hydroxylation is 1. The van der Waals surface area contributed by atoms with Gasteiger partial charge in [-0.3, -0.25) is 0 Å². The number of carboxylic acid groups (broad SMARTS) is 1. The monoisotopic (exact) mass is 348 g/mol. The van der Waals surface area contributed by atoms with Crippen molar-refractivity contribution in [2.45, 2.75) is 31.2 Å². The van der Waals surface area contributed by atoms with Crippen LogP contribution < -0.4 is 0 Å². The molecule has 7 heteroatoms. The van der Waals surface area contributed by atoms with Gasteiger partial charge >= 0.3 is 5.97 Å². The van der Waals surface area contributed by atoms with Gasteiger partial charge in [-0.1, -0.05) is 24.3 Å². The number of hydrogen-bond donors (Lipinski definition) is 1. The van der Waals surface area contributed by atoms with Crippen LogP contribution >= 0.6 is 0 Å². The van der Waals surface area contributed by atoms with E-state index in [0.29, 0.717) is 32.5 Å². The van der Waals surface area contributed by atoms with Crippen molar-refractivity contribution in [3.05, 3.63) is 53.3 Å². The lowest BCUT2D eigenvalue weighted by atomic mass is 10.0. The number of benzene rings is 1. The van der Waals surface area contributed by atoms with Crippen molar-refractivity contribution in [1.82, 2.24) is 8.87 Å². The Balaban J connectivity index is 1.90. The molecule has 0 bridgehead atoms. The molecule has 0 fully saturated rings. The molecule has 128 valence electrons. The smallest absolute Gasteiger partial charge is 0.352 e. The average Bonchev–Trinajstić information content (AvgIpc) is 2.89. The van der Waals surface area contributed by atoms with Crippen molar-refractivity contribution < 1.29 is 18.3 Å². The van der Waals surface area contributed by atoms with Gasteiger partial charge in [0, 0.05) is 25.8 Å². The third kappa shape index (κ3) is 2.97. The Hall–Kier alpha value is -2.12. The number of rotatable bonds is 4. The topological polar surface area (TPSA) is 79.6 Å². The molecule has 0 aliphatic carbocycles. The predicted octanol–water partition coefficient (Wildman–Crippen LogP) is 2.00. The van der Waals surface area contributed by atoms with Gasteiger partial charge in [-0.2, -0.15) is 4.31 Å². The maximum Gasteiger partial charge on any atom is 0.352 e. The molecule has 1 aliphatic rings. The molecule has 2 aromatic rings. The maximum absolute atomic E-state index is 12.9. The van der Waals surface area contributed by atoms with E-state index < -0.39 is 16.0 Å². The van der Waals surface area contributed by atoms with Crippen LogP contribution in [-0.2, 0) is 29.4 Å². The molecular weight excluding hydrogens is 328 g/mol. The molecular formula is C17H20N2O4S. The molecule has 1 N–H and O–H groups in total. The van der Waals surface area contributed by atoms with Crippen LogP contribution in [0.2, 0.25) is 0 Å². The Bertz CT molecular complexity index is 843. The fourth-order valence-electron chi connectivity index (χ4n) is 3.10. The summed E-state index contributed by atoms with van der Waals surface area (Å²) in [4.78, 5) is 11.3. The summed E-state index contributed by atoms with van der Waals surface area (Å²) < 4.78 is 28.7. The first kappa shape index (κ1) is 16.7. The lowest BCUT2D eigenvalue weighted by Crippen LogP contribution is -2.33. The zero-order valence-corrected chi connectivity index (χ0v) is 14.3. The van der Waals surface area contributed by atoms with Gasteiger partial charge in [-0.15, -0.1) is 0 Å². The minimum Gasteiger partial charge on any atom is -0.477 e. The molecule has 0 saturated heterocycles. The number of hydrogen-bond acceptors (Lipinski definition) is 3. The molecule has 2 heterocycles. The van der Waals surface area contributed by atoms with Gasteiger partial charge in [0.05, 0.1) is 0 Å². The van der Waals surface area contributed by atoms with Crippen LogP contribution in [0.3, 0.4) is 0 Å². The normalized spacial score (nSPS) is 15.7. The van der Waals surface area contributed by atoms with Crippen molar-refractivity contribution in [1.29, 1.82) is 0 Å². The second kappa shape index (κ2) is 6.41. The van der Waals surface area contributed by atoms with Gasteiger partial charge in [0.2, 0.25) is 10.0 Å². The number of aromatic carboxylic acids is 1. The van der Waals surface area contributed by atoms with E-state index in [4.69, 9.17) is 0 Å². The standard InChI is InChI=1S/C17H20N2O4S/c1-2-18-12-15(11-16(18)17(20)21)24(22,23)19-9-7-13-5-3-4-6-14(13)8-10-19/h3-6,11-12H,2,7-10H2,1H3,(H,20,21). The lowest BCUT2D eigenvalue weighted by molar-refractivity contribution is 0.0685. The van der Waals surface area contributed by atoms with Crippen LogP contribution in [0.4, 0.5) is 0 Å². The second-order valence-corrected chi connectivity index (χ2v) is 7.76. The van der Waals surface area contributed by atoms with E-state index >= 15 is 0 Å². The first-order chi connectivity index (χ1) is 11.4. The summed E-state index contributed by atoms with van der Waals surface area (Å²) in [6.45, 7) is 2.99. The van der Waals surface area contributed by atoms with Gasteiger partial charge in [0.25, 0.3) is 0 Å². The molecule has 6 nitrogen and oxygen atoms in total. The van der Waals surface area contributed by atoms with Crippen LogP contribution in [0.15, 0.2) is 41.4 Å². The van der Waals surface area contributed by atoms with Gasteiger partial charge in [-0.25, -0.2) is 13.2 Å². The minimum absolute atomic E-state index is 0.00539. The van der Waals surface area contributed by atoms with E-state index in [1.807, 2.05) is 24.3 Å². The molecule has 0 radical (unpaired) electrons. The van der Waals surface area contributed by atoms with Crippen LogP contribution in [0.1, 0.15) is 28.5 Å². The van der Waals surface area contributed by atoms with E-state index in [-0.39, 0.29) is 10.6 Å². The average molecular weight is 348 g/mol. The summed E-state index contributed by atoms with van der Waals surface area (Å²) in [7, 11) is -3.70. The summed E-state index contributed by atoms with van der Waals surface area (Å²) >= 11 is 0. The highest BCUT2D eigenvalue weighted by Gasteiger charge is 2.29. The Morgan fingerprint density at radius 2 is 1.75 bits per heavy atom. The Morgan fingerprint density at radius 3 is 2.21 bits per heavy atom. The molecule has 24 heavy (non-hydrogen) atoms. The number of sulfonamides is 1. The SMILES string of the molecule is CCn1cc(S(=O)(=O)N2CCc3ccccc3CC2)cc1C(=O)O. The Kier molecular flexibility index (Phi) is 4.47. The Morgan fingerprint density at radius 1 is 1.17 bits per heavy atom. The zero-order chi connectivity index (χ0) is 17.3. The first-order valence-corrected chi connectivity index (χ1v) is 9.38. The summed E-state index contributed by atoms with van der Waals surface area (Å²) in [5, 5.41) is 9.22. The first-order valence-electron chi connectivity index (χ1n) is 7.94. The van der Waals surface area contributed by atoms with E-state index in [2.05, 4.69) is 0 Å². The maximum atomic E-state index is 12.9. The second-order valence-electron chi connectivity index (χ2n) is 5.83. The van der Waals surface area contributed by atoms with Gasteiger partial charge in [-0.05, 0) is 37.0 Å².